The van der Waals surface area contributed by atoms with E-state index >= 15 is 0 Å². The zero-order chi connectivity index (χ0) is 26.2. The molecule has 0 aliphatic rings. The summed E-state index contributed by atoms with van der Waals surface area (Å²) in [7, 11) is 3.08. The highest BCUT2D eigenvalue weighted by Crippen LogP contribution is 2.38. The molecular formula is C29H25FN2O4S. The van der Waals surface area contributed by atoms with Gasteiger partial charge in [-0.3, -0.25) is 9.59 Å². The van der Waals surface area contributed by atoms with Crippen molar-refractivity contribution < 1.29 is 23.5 Å². The number of amides is 2. The number of rotatable bonds is 9. The Morgan fingerprint density at radius 2 is 1.57 bits per heavy atom. The summed E-state index contributed by atoms with van der Waals surface area (Å²) < 4.78 is 24.7. The Labute approximate surface area is 218 Å². The van der Waals surface area contributed by atoms with Gasteiger partial charge in [0.25, 0.3) is 5.91 Å². The number of hydrogen-bond acceptors (Lipinski definition) is 5. The molecular weight excluding hydrogens is 491 g/mol. The molecule has 0 saturated carbocycles. The number of anilines is 2. The van der Waals surface area contributed by atoms with E-state index in [0.717, 1.165) is 10.5 Å². The lowest BCUT2D eigenvalue weighted by atomic mass is 10.1. The Hall–Kier alpha value is -4.30. The quantitative estimate of drug-likeness (QED) is 0.246. The number of carbonyl (C=O) groups excluding carboxylic acids is 2. The Morgan fingerprint density at radius 1 is 0.811 bits per heavy atom. The second-order valence-corrected chi connectivity index (χ2v) is 9.10. The van der Waals surface area contributed by atoms with Crippen LogP contribution in [0.15, 0.2) is 102 Å². The van der Waals surface area contributed by atoms with Crippen LogP contribution in [0.25, 0.3) is 0 Å². The highest BCUT2D eigenvalue weighted by Gasteiger charge is 2.24. The molecule has 4 aromatic rings. The average Bonchev–Trinajstić information content (AvgIpc) is 2.92. The van der Waals surface area contributed by atoms with E-state index in [1.165, 1.54) is 37.1 Å². The molecule has 0 aliphatic carbocycles. The third kappa shape index (κ3) is 6.48. The van der Waals surface area contributed by atoms with Crippen molar-refractivity contribution in [2.45, 2.75) is 10.1 Å². The van der Waals surface area contributed by atoms with E-state index in [1.54, 1.807) is 49.6 Å². The van der Waals surface area contributed by atoms with Crippen LogP contribution >= 0.6 is 11.8 Å². The van der Waals surface area contributed by atoms with Crippen LogP contribution in [0.2, 0.25) is 0 Å². The number of thioether (sulfide) groups is 1. The fraction of sp³-hybridized carbons (Fsp3) is 0.103. The summed E-state index contributed by atoms with van der Waals surface area (Å²) in [6, 6.07) is 27.4. The first-order valence-corrected chi connectivity index (χ1v) is 12.3. The second kappa shape index (κ2) is 12.1. The minimum absolute atomic E-state index is 0.0469. The molecule has 2 N–H and O–H groups in total. The molecule has 0 aliphatic heterocycles. The van der Waals surface area contributed by atoms with Gasteiger partial charge in [0.05, 0.1) is 25.5 Å². The topological polar surface area (TPSA) is 76.7 Å². The van der Waals surface area contributed by atoms with Crippen LogP contribution in [0.4, 0.5) is 15.8 Å². The van der Waals surface area contributed by atoms with E-state index in [-0.39, 0.29) is 11.5 Å². The van der Waals surface area contributed by atoms with Crippen molar-refractivity contribution in [2.75, 3.05) is 24.9 Å². The van der Waals surface area contributed by atoms with Gasteiger partial charge < -0.3 is 20.1 Å². The number of carbonyl (C=O) groups is 2. The Kier molecular flexibility index (Phi) is 8.43. The molecule has 0 saturated heterocycles. The van der Waals surface area contributed by atoms with Gasteiger partial charge in [0, 0.05) is 16.6 Å². The molecule has 1 atom stereocenters. The van der Waals surface area contributed by atoms with Crippen molar-refractivity contribution in [1.29, 1.82) is 0 Å². The fourth-order valence-electron chi connectivity index (χ4n) is 3.64. The highest BCUT2D eigenvalue weighted by molar-refractivity contribution is 8.00. The molecule has 6 nitrogen and oxygen atoms in total. The number of methoxy groups -OCH3 is 2. The van der Waals surface area contributed by atoms with Crippen LogP contribution in [0.1, 0.15) is 21.2 Å². The standard InChI is InChI=1S/C29H25FN2O4S/c1-35-21-15-16-26(36-2)25(18-21)32-29(34)27(19-9-4-3-5-10-19)37-22-12-8-11-20(17-22)31-28(33)23-13-6-7-14-24(23)30/h3-18,27H,1-2H3,(H,31,33)(H,32,34). The van der Waals surface area contributed by atoms with E-state index in [1.807, 2.05) is 36.4 Å². The minimum Gasteiger partial charge on any atom is -0.497 e. The molecule has 8 heteroatoms. The summed E-state index contributed by atoms with van der Waals surface area (Å²) in [6.07, 6.45) is 0. The lowest BCUT2D eigenvalue weighted by molar-refractivity contribution is -0.115. The second-order valence-electron chi connectivity index (χ2n) is 7.93. The maximum absolute atomic E-state index is 14.0. The molecule has 0 aromatic heterocycles. The molecule has 0 spiro atoms. The van der Waals surface area contributed by atoms with Crippen LogP contribution in [0.5, 0.6) is 11.5 Å². The van der Waals surface area contributed by atoms with Gasteiger partial charge in [0.1, 0.15) is 22.6 Å². The van der Waals surface area contributed by atoms with Gasteiger partial charge in [0.2, 0.25) is 5.91 Å². The zero-order valence-electron chi connectivity index (χ0n) is 20.2. The van der Waals surface area contributed by atoms with E-state index < -0.39 is 17.0 Å². The van der Waals surface area contributed by atoms with Crippen molar-refractivity contribution in [1.82, 2.24) is 0 Å². The van der Waals surface area contributed by atoms with Crippen molar-refractivity contribution in [3.05, 3.63) is 114 Å². The molecule has 0 radical (unpaired) electrons. The van der Waals surface area contributed by atoms with Crippen LogP contribution < -0.4 is 20.1 Å². The van der Waals surface area contributed by atoms with Gasteiger partial charge >= 0.3 is 0 Å². The van der Waals surface area contributed by atoms with E-state index in [4.69, 9.17) is 9.47 Å². The van der Waals surface area contributed by atoms with Crippen molar-refractivity contribution in [3.8, 4) is 11.5 Å². The molecule has 0 fully saturated rings. The van der Waals surface area contributed by atoms with Crippen LogP contribution in [0, 0.1) is 5.82 Å². The first-order valence-electron chi connectivity index (χ1n) is 11.4. The molecule has 4 aromatic carbocycles. The van der Waals surface area contributed by atoms with E-state index in [0.29, 0.717) is 22.9 Å². The molecule has 0 heterocycles. The Balaban J connectivity index is 1.58. The first kappa shape index (κ1) is 25.8. The van der Waals surface area contributed by atoms with Crippen molar-refractivity contribution in [3.63, 3.8) is 0 Å². The third-order valence-corrected chi connectivity index (χ3v) is 6.72. The summed E-state index contributed by atoms with van der Waals surface area (Å²) in [5.74, 6) is -0.326. The molecule has 4 rings (SSSR count). The Morgan fingerprint density at radius 3 is 2.30 bits per heavy atom. The average molecular weight is 517 g/mol. The summed E-state index contributed by atoms with van der Waals surface area (Å²) >= 11 is 1.32. The van der Waals surface area contributed by atoms with Crippen LogP contribution in [-0.2, 0) is 4.79 Å². The number of hydrogen-bond donors (Lipinski definition) is 2. The van der Waals surface area contributed by atoms with Gasteiger partial charge in [-0.2, -0.15) is 0 Å². The largest absolute Gasteiger partial charge is 0.497 e. The van der Waals surface area contributed by atoms with Crippen molar-refractivity contribution in [2.24, 2.45) is 0 Å². The van der Waals surface area contributed by atoms with Gasteiger partial charge in [-0.25, -0.2) is 4.39 Å². The minimum atomic E-state index is -0.616. The van der Waals surface area contributed by atoms with E-state index in [9.17, 15) is 14.0 Å². The lowest BCUT2D eigenvalue weighted by Crippen LogP contribution is -2.19. The molecule has 37 heavy (non-hydrogen) atoms. The monoisotopic (exact) mass is 516 g/mol. The van der Waals surface area contributed by atoms with E-state index in [2.05, 4.69) is 10.6 Å². The molecule has 188 valence electrons. The number of benzene rings is 4. The predicted octanol–water partition coefficient (Wildman–Crippen LogP) is 6.57. The van der Waals surface area contributed by atoms with Crippen LogP contribution in [0.3, 0.4) is 0 Å². The maximum Gasteiger partial charge on any atom is 0.258 e. The number of nitrogens with one attached hydrogen (secondary N) is 2. The highest BCUT2D eigenvalue weighted by atomic mass is 32.2. The maximum atomic E-state index is 14.0. The normalized spacial score (nSPS) is 11.3. The first-order chi connectivity index (χ1) is 18.0. The molecule has 2 amide bonds. The molecule has 0 bridgehead atoms. The fourth-order valence-corrected chi connectivity index (χ4v) is 4.72. The number of halogens is 1. The van der Waals surface area contributed by atoms with Crippen molar-refractivity contribution >= 4 is 35.0 Å². The van der Waals surface area contributed by atoms with Gasteiger partial charge in [-0.15, -0.1) is 11.8 Å². The summed E-state index contributed by atoms with van der Waals surface area (Å²) in [6.45, 7) is 0. The SMILES string of the molecule is COc1ccc(OC)c(NC(=O)C(Sc2cccc(NC(=O)c3ccccc3F)c2)c2ccccc2)c1. The van der Waals surface area contributed by atoms with Crippen LogP contribution in [-0.4, -0.2) is 26.0 Å². The Bertz CT molecular complexity index is 1400. The third-order valence-electron chi connectivity index (χ3n) is 5.47. The predicted molar refractivity (Wildman–Crippen MR) is 144 cm³/mol. The molecule has 1 unspecified atom stereocenters. The lowest BCUT2D eigenvalue weighted by Gasteiger charge is -2.19. The summed E-state index contributed by atoms with van der Waals surface area (Å²) in [5, 5.41) is 5.06. The number of ether oxygens (including phenoxy) is 2. The van der Waals surface area contributed by atoms with Gasteiger partial charge in [-0.05, 0) is 48.0 Å². The summed E-state index contributed by atoms with van der Waals surface area (Å²) in [5.41, 5.74) is 1.72. The zero-order valence-corrected chi connectivity index (χ0v) is 21.1. The smallest absolute Gasteiger partial charge is 0.258 e. The van der Waals surface area contributed by atoms with Gasteiger partial charge in [-0.1, -0.05) is 48.5 Å². The van der Waals surface area contributed by atoms with Gasteiger partial charge in [0.15, 0.2) is 0 Å². The summed E-state index contributed by atoms with van der Waals surface area (Å²) in [4.78, 5) is 26.8.